The molecule has 1 aromatic carbocycles. The summed E-state index contributed by atoms with van der Waals surface area (Å²) < 4.78 is 2.26. The molecule has 0 spiro atoms. The van der Waals surface area contributed by atoms with Crippen LogP contribution in [0.1, 0.15) is 30.0 Å². The Labute approximate surface area is 141 Å². The maximum absolute atomic E-state index is 12.1. The molecular formula is C19H22N4O. The van der Waals surface area contributed by atoms with Gasteiger partial charge in [0, 0.05) is 31.9 Å². The van der Waals surface area contributed by atoms with Crippen LogP contribution < -0.4 is 5.32 Å². The molecule has 0 bridgehead atoms. The number of carbonyl (C=O) groups is 1. The number of amides is 1. The second-order valence-electron chi connectivity index (χ2n) is 6.27. The summed E-state index contributed by atoms with van der Waals surface area (Å²) in [5, 5.41) is 2.94. The van der Waals surface area contributed by atoms with Crippen LogP contribution in [0.2, 0.25) is 0 Å². The molecule has 5 heteroatoms. The monoisotopic (exact) mass is 322 g/mol. The van der Waals surface area contributed by atoms with E-state index in [1.54, 1.807) is 24.5 Å². The molecule has 0 radical (unpaired) electrons. The lowest BCUT2D eigenvalue weighted by Crippen LogP contribution is -2.26. The molecule has 5 nitrogen and oxygen atoms in total. The van der Waals surface area contributed by atoms with E-state index in [0.717, 1.165) is 23.4 Å². The summed E-state index contributed by atoms with van der Waals surface area (Å²) in [7, 11) is 0. The van der Waals surface area contributed by atoms with Crippen molar-refractivity contribution in [1.29, 1.82) is 0 Å². The number of pyridine rings is 1. The molecule has 0 unspecified atom stereocenters. The molecule has 1 N–H and O–H groups in total. The third kappa shape index (κ3) is 3.62. The van der Waals surface area contributed by atoms with Crippen molar-refractivity contribution in [3.8, 4) is 0 Å². The van der Waals surface area contributed by atoms with Gasteiger partial charge in [0.25, 0.3) is 5.91 Å². The average molecular weight is 322 g/mol. The van der Waals surface area contributed by atoms with Crippen molar-refractivity contribution in [2.45, 2.75) is 26.8 Å². The predicted molar refractivity (Wildman–Crippen MR) is 94.8 cm³/mol. The Morgan fingerprint density at radius 1 is 1.21 bits per heavy atom. The normalized spacial score (nSPS) is 11.1. The van der Waals surface area contributed by atoms with E-state index in [0.29, 0.717) is 24.4 Å². The van der Waals surface area contributed by atoms with E-state index in [4.69, 9.17) is 4.98 Å². The topological polar surface area (TPSA) is 59.8 Å². The van der Waals surface area contributed by atoms with E-state index in [1.165, 1.54) is 0 Å². The van der Waals surface area contributed by atoms with Crippen molar-refractivity contribution in [2.24, 2.45) is 5.92 Å². The van der Waals surface area contributed by atoms with Crippen LogP contribution in [0.4, 0.5) is 0 Å². The van der Waals surface area contributed by atoms with Crippen molar-refractivity contribution >= 4 is 16.9 Å². The maximum Gasteiger partial charge on any atom is 0.252 e. The molecule has 0 aliphatic carbocycles. The molecule has 0 aliphatic heterocycles. The van der Waals surface area contributed by atoms with E-state index >= 15 is 0 Å². The van der Waals surface area contributed by atoms with Gasteiger partial charge in [-0.2, -0.15) is 0 Å². The third-order valence-corrected chi connectivity index (χ3v) is 3.84. The van der Waals surface area contributed by atoms with Gasteiger partial charge in [-0.1, -0.05) is 26.0 Å². The Morgan fingerprint density at radius 3 is 2.79 bits per heavy atom. The fraction of sp³-hybridized carbons (Fsp3) is 0.316. The van der Waals surface area contributed by atoms with E-state index in [1.807, 2.05) is 18.2 Å². The van der Waals surface area contributed by atoms with E-state index < -0.39 is 0 Å². The summed E-state index contributed by atoms with van der Waals surface area (Å²) >= 11 is 0. The Morgan fingerprint density at radius 2 is 2.04 bits per heavy atom. The van der Waals surface area contributed by atoms with Gasteiger partial charge in [0.2, 0.25) is 0 Å². The van der Waals surface area contributed by atoms with Gasteiger partial charge < -0.3 is 9.88 Å². The fourth-order valence-corrected chi connectivity index (χ4v) is 2.77. The van der Waals surface area contributed by atoms with Gasteiger partial charge in [-0.15, -0.1) is 0 Å². The van der Waals surface area contributed by atoms with Gasteiger partial charge in [-0.05, 0) is 30.2 Å². The lowest BCUT2D eigenvalue weighted by Gasteiger charge is -2.12. The molecule has 3 aromatic rings. The average Bonchev–Trinajstić information content (AvgIpc) is 2.93. The van der Waals surface area contributed by atoms with Crippen molar-refractivity contribution in [3.63, 3.8) is 0 Å². The summed E-state index contributed by atoms with van der Waals surface area (Å²) in [6.07, 6.45) is 3.93. The van der Waals surface area contributed by atoms with Gasteiger partial charge >= 0.3 is 0 Å². The van der Waals surface area contributed by atoms with Crippen LogP contribution in [-0.4, -0.2) is 27.0 Å². The second kappa shape index (κ2) is 7.25. The lowest BCUT2D eigenvalue weighted by molar-refractivity contribution is 0.0953. The summed E-state index contributed by atoms with van der Waals surface area (Å²) in [6, 6.07) is 11.7. The van der Waals surface area contributed by atoms with E-state index in [2.05, 4.69) is 34.8 Å². The van der Waals surface area contributed by atoms with Gasteiger partial charge in [0.1, 0.15) is 5.82 Å². The van der Waals surface area contributed by atoms with Gasteiger partial charge in [-0.3, -0.25) is 9.78 Å². The van der Waals surface area contributed by atoms with Crippen LogP contribution in [-0.2, 0) is 13.0 Å². The van der Waals surface area contributed by atoms with Crippen molar-refractivity contribution in [3.05, 3.63) is 60.2 Å². The molecule has 2 aromatic heterocycles. The smallest absolute Gasteiger partial charge is 0.252 e. The highest BCUT2D eigenvalue weighted by molar-refractivity contribution is 5.93. The Bertz CT molecular complexity index is 824. The minimum Gasteiger partial charge on any atom is -0.352 e. The predicted octanol–water partition coefficient (Wildman–Crippen LogP) is 3.06. The van der Waals surface area contributed by atoms with Crippen LogP contribution in [0.3, 0.4) is 0 Å². The number of hydrogen-bond acceptors (Lipinski definition) is 3. The molecular weight excluding hydrogens is 300 g/mol. The molecule has 24 heavy (non-hydrogen) atoms. The Balaban J connectivity index is 1.72. The van der Waals surface area contributed by atoms with E-state index in [-0.39, 0.29) is 5.91 Å². The van der Waals surface area contributed by atoms with E-state index in [9.17, 15) is 4.79 Å². The first-order chi connectivity index (χ1) is 11.6. The zero-order chi connectivity index (χ0) is 16.9. The van der Waals surface area contributed by atoms with Crippen molar-refractivity contribution in [2.75, 3.05) is 6.54 Å². The number of hydrogen-bond donors (Lipinski definition) is 1. The standard InChI is InChI=1S/C19H22N4O/c1-14(2)13-23-17-8-4-3-7-16(17)22-18(23)9-11-21-19(24)15-6-5-10-20-12-15/h3-8,10,12,14H,9,11,13H2,1-2H3,(H,21,24). The van der Waals surface area contributed by atoms with Crippen molar-refractivity contribution in [1.82, 2.24) is 19.9 Å². The van der Waals surface area contributed by atoms with Crippen LogP contribution in [0.15, 0.2) is 48.8 Å². The maximum atomic E-state index is 12.1. The van der Waals surface area contributed by atoms with Gasteiger partial charge in [0.05, 0.1) is 16.6 Å². The molecule has 1 amide bonds. The van der Waals surface area contributed by atoms with Crippen LogP contribution >= 0.6 is 0 Å². The van der Waals surface area contributed by atoms with Crippen LogP contribution in [0.5, 0.6) is 0 Å². The quantitative estimate of drug-likeness (QED) is 0.759. The first kappa shape index (κ1) is 16.2. The second-order valence-corrected chi connectivity index (χ2v) is 6.27. The molecule has 124 valence electrons. The first-order valence-electron chi connectivity index (χ1n) is 8.27. The molecule has 0 aliphatic rings. The lowest BCUT2D eigenvalue weighted by atomic mass is 10.2. The first-order valence-corrected chi connectivity index (χ1v) is 8.27. The molecule has 0 fully saturated rings. The zero-order valence-electron chi connectivity index (χ0n) is 14.1. The highest BCUT2D eigenvalue weighted by atomic mass is 16.1. The molecule has 0 atom stereocenters. The fourth-order valence-electron chi connectivity index (χ4n) is 2.77. The number of aromatic nitrogens is 3. The van der Waals surface area contributed by atoms with Gasteiger partial charge in [-0.25, -0.2) is 4.98 Å². The highest BCUT2D eigenvalue weighted by Gasteiger charge is 2.12. The number of benzene rings is 1. The number of nitrogens with one attached hydrogen (secondary N) is 1. The summed E-state index contributed by atoms with van der Waals surface area (Å²) in [5.41, 5.74) is 2.74. The molecule has 0 saturated carbocycles. The number of rotatable bonds is 6. The number of nitrogens with zero attached hydrogens (tertiary/aromatic N) is 3. The summed E-state index contributed by atoms with van der Waals surface area (Å²) in [6.45, 7) is 5.87. The number of fused-ring (bicyclic) bond motifs is 1. The van der Waals surface area contributed by atoms with Crippen LogP contribution in [0, 0.1) is 5.92 Å². The summed E-state index contributed by atoms with van der Waals surface area (Å²) in [5.74, 6) is 1.44. The third-order valence-electron chi connectivity index (χ3n) is 3.84. The van der Waals surface area contributed by atoms with Crippen molar-refractivity contribution < 1.29 is 4.79 Å². The number of carbonyl (C=O) groups excluding carboxylic acids is 1. The molecule has 2 heterocycles. The minimum atomic E-state index is -0.102. The SMILES string of the molecule is CC(C)Cn1c(CCNC(=O)c2cccnc2)nc2ccccc21. The molecule has 3 rings (SSSR count). The van der Waals surface area contributed by atoms with Crippen LogP contribution in [0.25, 0.3) is 11.0 Å². The zero-order valence-corrected chi connectivity index (χ0v) is 14.1. The molecule has 0 saturated heterocycles. The Kier molecular flexibility index (Phi) is 4.89. The Hall–Kier alpha value is -2.69. The number of imidazole rings is 1. The number of para-hydroxylation sites is 2. The minimum absolute atomic E-state index is 0.102. The highest BCUT2D eigenvalue weighted by Crippen LogP contribution is 2.18. The summed E-state index contributed by atoms with van der Waals surface area (Å²) in [4.78, 5) is 20.8. The van der Waals surface area contributed by atoms with Gasteiger partial charge in [0.15, 0.2) is 0 Å². The largest absolute Gasteiger partial charge is 0.352 e.